The number of carbonyl (C=O) groups is 1. The molecule has 36 heavy (non-hydrogen) atoms. The molecule has 0 aliphatic heterocycles. The predicted molar refractivity (Wildman–Crippen MR) is 129 cm³/mol. The number of aromatic nitrogens is 2. The Morgan fingerprint density at radius 2 is 1.89 bits per heavy atom. The summed E-state index contributed by atoms with van der Waals surface area (Å²) in [7, 11) is -1.99. The molecule has 1 heterocycles. The van der Waals surface area contributed by atoms with Crippen LogP contribution in [0.2, 0.25) is 5.02 Å². The van der Waals surface area contributed by atoms with Gasteiger partial charge in [-0.2, -0.15) is 18.3 Å². The van der Waals surface area contributed by atoms with Gasteiger partial charge in [0, 0.05) is 17.1 Å². The van der Waals surface area contributed by atoms with Crippen molar-refractivity contribution in [2.45, 2.75) is 32.1 Å². The van der Waals surface area contributed by atoms with Gasteiger partial charge in [-0.3, -0.25) is 4.79 Å². The number of halogens is 4. The van der Waals surface area contributed by atoms with Crippen LogP contribution >= 0.6 is 11.6 Å². The number of nitrogens with zero attached hydrogens (tertiary/aromatic N) is 2. The Hall–Kier alpha value is -3.09. The Kier molecular flexibility index (Phi) is 8.32. The van der Waals surface area contributed by atoms with Gasteiger partial charge in [-0.1, -0.05) is 29.8 Å². The summed E-state index contributed by atoms with van der Waals surface area (Å²) in [6.45, 7) is 1.43. The van der Waals surface area contributed by atoms with Gasteiger partial charge in [0.05, 0.1) is 37.2 Å². The highest BCUT2D eigenvalue weighted by Gasteiger charge is 2.35. The van der Waals surface area contributed by atoms with Crippen molar-refractivity contribution in [3.8, 4) is 11.4 Å². The number of hydrogen-bond donors (Lipinski definition) is 2. The summed E-state index contributed by atoms with van der Waals surface area (Å²) in [5, 5.41) is 6.63. The lowest BCUT2D eigenvalue weighted by Crippen LogP contribution is -2.28. The Bertz CT molecular complexity index is 1360. The molecule has 3 aromatic rings. The first-order chi connectivity index (χ1) is 16.8. The van der Waals surface area contributed by atoms with Gasteiger partial charge in [-0.25, -0.2) is 17.8 Å². The monoisotopic (exact) mass is 544 g/mol. The van der Waals surface area contributed by atoms with Crippen LogP contribution in [0.4, 0.5) is 13.2 Å². The van der Waals surface area contributed by atoms with Crippen molar-refractivity contribution in [2.24, 2.45) is 0 Å². The zero-order valence-electron chi connectivity index (χ0n) is 19.6. The molecule has 1 unspecified atom stereocenters. The average molecular weight is 545 g/mol. The van der Waals surface area contributed by atoms with Crippen molar-refractivity contribution in [3.05, 3.63) is 76.1 Å². The molecule has 0 saturated carbocycles. The summed E-state index contributed by atoms with van der Waals surface area (Å²) < 4.78 is 71.4. The van der Waals surface area contributed by atoms with Crippen LogP contribution in [-0.4, -0.2) is 37.5 Å². The largest absolute Gasteiger partial charge is 0.496 e. The highest BCUT2D eigenvalue weighted by atomic mass is 35.5. The molecule has 0 aliphatic rings. The molecule has 0 fully saturated rings. The maximum atomic E-state index is 13.3. The van der Waals surface area contributed by atoms with Crippen LogP contribution in [0.15, 0.2) is 48.5 Å². The van der Waals surface area contributed by atoms with E-state index >= 15 is 0 Å². The van der Waals surface area contributed by atoms with E-state index in [2.05, 4.69) is 15.1 Å². The van der Waals surface area contributed by atoms with Crippen LogP contribution in [0.25, 0.3) is 5.69 Å². The first kappa shape index (κ1) is 27.5. The van der Waals surface area contributed by atoms with Crippen molar-refractivity contribution < 1.29 is 31.1 Å². The Morgan fingerprint density at radius 1 is 1.17 bits per heavy atom. The van der Waals surface area contributed by atoms with E-state index in [1.165, 1.54) is 13.2 Å². The molecular weight excluding hydrogens is 521 g/mol. The smallest absolute Gasteiger partial charge is 0.435 e. The van der Waals surface area contributed by atoms with E-state index in [0.29, 0.717) is 27.6 Å². The van der Waals surface area contributed by atoms with E-state index < -0.39 is 33.7 Å². The van der Waals surface area contributed by atoms with Crippen LogP contribution in [0.3, 0.4) is 0 Å². The van der Waals surface area contributed by atoms with Crippen LogP contribution in [0.5, 0.6) is 5.75 Å². The standard InChI is InChI=1S/C23H24ClF3N4O4S/c1-14(15-7-8-16(20(9-15)35-2)12-29-36(3,33)34)22(32)28-13-19-11-21(23(25,26)27)30-31(19)18-6-4-5-17(24)10-18/h4-11,14,29H,12-13H2,1-3H3,(H,28,32). The maximum absolute atomic E-state index is 13.3. The molecule has 3 rings (SSSR count). The number of amides is 1. The zero-order chi connectivity index (χ0) is 26.7. The second-order valence-corrected chi connectivity index (χ2v) is 10.3. The van der Waals surface area contributed by atoms with Gasteiger partial charge in [-0.15, -0.1) is 0 Å². The summed E-state index contributed by atoms with van der Waals surface area (Å²) in [6.07, 6.45) is -3.63. The molecular formula is C23H24ClF3N4O4S. The summed E-state index contributed by atoms with van der Waals surface area (Å²) in [5.41, 5.74) is 0.488. The highest BCUT2D eigenvalue weighted by Crippen LogP contribution is 2.30. The van der Waals surface area contributed by atoms with Gasteiger partial charge in [0.1, 0.15) is 5.75 Å². The number of benzene rings is 2. The molecule has 1 amide bonds. The van der Waals surface area contributed by atoms with Crippen LogP contribution in [0.1, 0.15) is 35.4 Å². The SMILES string of the molecule is COc1cc(C(C)C(=O)NCc2cc(C(F)(F)F)nn2-c2cccc(Cl)c2)ccc1CNS(C)(=O)=O. The van der Waals surface area contributed by atoms with E-state index in [1.807, 2.05) is 0 Å². The van der Waals surface area contributed by atoms with Gasteiger partial charge in [0.15, 0.2) is 5.69 Å². The van der Waals surface area contributed by atoms with Crippen LogP contribution in [-0.2, 0) is 34.1 Å². The van der Waals surface area contributed by atoms with E-state index in [-0.39, 0.29) is 18.8 Å². The maximum Gasteiger partial charge on any atom is 0.435 e. The fourth-order valence-electron chi connectivity index (χ4n) is 3.38. The van der Waals surface area contributed by atoms with Gasteiger partial charge < -0.3 is 10.1 Å². The summed E-state index contributed by atoms with van der Waals surface area (Å²) in [6, 6.07) is 12.0. The van der Waals surface area contributed by atoms with Crippen molar-refractivity contribution in [1.82, 2.24) is 19.8 Å². The van der Waals surface area contributed by atoms with Crippen molar-refractivity contribution in [2.75, 3.05) is 13.4 Å². The number of alkyl halides is 3. The lowest BCUT2D eigenvalue weighted by atomic mass is 9.98. The van der Waals surface area contributed by atoms with Crippen molar-refractivity contribution in [3.63, 3.8) is 0 Å². The third-order valence-corrected chi connectivity index (χ3v) is 6.20. The Balaban J connectivity index is 1.79. The Morgan fingerprint density at radius 3 is 2.50 bits per heavy atom. The lowest BCUT2D eigenvalue weighted by Gasteiger charge is -2.16. The van der Waals surface area contributed by atoms with Gasteiger partial charge >= 0.3 is 6.18 Å². The van der Waals surface area contributed by atoms with Gasteiger partial charge in [-0.05, 0) is 42.8 Å². The molecule has 0 saturated heterocycles. The van der Waals surface area contributed by atoms with Gasteiger partial charge in [0.2, 0.25) is 15.9 Å². The second kappa shape index (κ2) is 10.9. The second-order valence-electron chi connectivity index (χ2n) is 8.01. The minimum absolute atomic E-state index is 0.0118. The molecule has 1 aromatic heterocycles. The molecule has 0 spiro atoms. The summed E-state index contributed by atoms with van der Waals surface area (Å²) >= 11 is 5.98. The number of sulfonamides is 1. The number of methoxy groups -OCH3 is 1. The molecule has 194 valence electrons. The molecule has 13 heteroatoms. The van der Waals surface area contributed by atoms with E-state index in [0.717, 1.165) is 17.0 Å². The number of carbonyl (C=O) groups excluding carboxylic acids is 1. The molecule has 2 N–H and O–H groups in total. The minimum atomic E-state index is -4.67. The quantitative estimate of drug-likeness (QED) is 0.423. The van der Waals surface area contributed by atoms with Crippen LogP contribution < -0.4 is 14.8 Å². The molecule has 0 aliphatic carbocycles. The topological polar surface area (TPSA) is 102 Å². The van der Waals surface area contributed by atoms with E-state index in [1.54, 1.807) is 43.3 Å². The Labute approximate surface area is 211 Å². The van der Waals surface area contributed by atoms with Crippen LogP contribution in [0, 0.1) is 0 Å². The predicted octanol–water partition coefficient (Wildman–Crippen LogP) is 4.02. The highest BCUT2D eigenvalue weighted by molar-refractivity contribution is 7.88. The normalized spacial score (nSPS) is 12.9. The number of nitrogens with one attached hydrogen (secondary N) is 2. The van der Waals surface area contributed by atoms with E-state index in [4.69, 9.17) is 16.3 Å². The van der Waals surface area contributed by atoms with Gasteiger partial charge in [0.25, 0.3) is 0 Å². The minimum Gasteiger partial charge on any atom is -0.496 e. The third-order valence-electron chi connectivity index (χ3n) is 5.30. The fraction of sp³-hybridized carbons (Fsp3) is 0.304. The van der Waals surface area contributed by atoms with Crippen molar-refractivity contribution in [1.29, 1.82) is 0 Å². The first-order valence-electron chi connectivity index (χ1n) is 10.6. The van der Waals surface area contributed by atoms with E-state index in [9.17, 15) is 26.4 Å². The molecule has 2 aromatic carbocycles. The zero-order valence-corrected chi connectivity index (χ0v) is 21.1. The summed E-state index contributed by atoms with van der Waals surface area (Å²) in [4.78, 5) is 12.8. The first-order valence-corrected chi connectivity index (χ1v) is 12.9. The number of hydrogen-bond acceptors (Lipinski definition) is 5. The number of ether oxygens (including phenoxy) is 1. The molecule has 0 bridgehead atoms. The number of rotatable bonds is 9. The third kappa shape index (κ3) is 6.99. The average Bonchev–Trinajstić information content (AvgIpc) is 3.25. The molecule has 8 nitrogen and oxygen atoms in total. The molecule has 0 radical (unpaired) electrons. The fourth-order valence-corrected chi connectivity index (χ4v) is 3.99. The van der Waals surface area contributed by atoms with Crippen molar-refractivity contribution >= 4 is 27.5 Å². The lowest BCUT2D eigenvalue weighted by molar-refractivity contribution is -0.141. The molecule has 1 atom stereocenters. The summed E-state index contributed by atoms with van der Waals surface area (Å²) in [5.74, 6) is -0.732.